The number of amides is 1. The van der Waals surface area contributed by atoms with Crippen LogP contribution >= 0.6 is 0 Å². The first-order chi connectivity index (χ1) is 10.1. The molecule has 1 amide bonds. The first-order valence-electron chi connectivity index (χ1n) is 8.24. The molecule has 0 saturated heterocycles. The Morgan fingerprint density at radius 2 is 1.86 bits per heavy atom. The highest BCUT2D eigenvalue weighted by Crippen LogP contribution is 2.28. The van der Waals surface area contributed by atoms with E-state index in [-0.39, 0.29) is 11.9 Å². The maximum atomic E-state index is 12.4. The van der Waals surface area contributed by atoms with Crippen molar-refractivity contribution in [1.82, 2.24) is 5.32 Å². The minimum atomic E-state index is -0.566. The van der Waals surface area contributed by atoms with E-state index in [9.17, 15) is 4.79 Å². The van der Waals surface area contributed by atoms with E-state index in [1.165, 1.54) is 37.7 Å². The summed E-state index contributed by atoms with van der Waals surface area (Å²) in [7, 11) is 0. The SMILES string of the molecule is CCC(NC(=O)C(N)c1ccc(C)cc1)C1CCCCC1. The quantitative estimate of drug-likeness (QED) is 0.871. The van der Waals surface area contributed by atoms with E-state index in [4.69, 9.17) is 5.73 Å². The van der Waals surface area contributed by atoms with E-state index in [2.05, 4.69) is 12.2 Å². The molecular weight excluding hydrogens is 260 g/mol. The van der Waals surface area contributed by atoms with Crippen LogP contribution < -0.4 is 11.1 Å². The Kier molecular flexibility index (Phi) is 5.80. The van der Waals surface area contributed by atoms with Gasteiger partial charge in [-0.1, -0.05) is 56.0 Å². The average Bonchev–Trinajstić information content (AvgIpc) is 2.53. The van der Waals surface area contributed by atoms with Crippen molar-refractivity contribution in [3.63, 3.8) is 0 Å². The summed E-state index contributed by atoms with van der Waals surface area (Å²) in [6.45, 7) is 4.18. The van der Waals surface area contributed by atoms with Crippen LogP contribution in [0, 0.1) is 12.8 Å². The van der Waals surface area contributed by atoms with Crippen LogP contribution in [0.3, 0.4) is 0 Å². The van der Waals surface area contributed by atoms with Gasteiger partial charge in [0.15, 0.2) is 0 Å². The molecule has 1 aromatic carbocycles. The number of nitrogens with one attached hydrogen (secondary N) is 1. The van der Waals surface area contributed by atoms with Gasteiger partial charge in [-0.3, -0.25) is 4.79 Å². The molecule has 1 fully saturated rings. The van der Waals surface area contributed by atoms with Gasteiger partial charge in [-0.25, -0.2) is 0 Å². The standard InChI is InChI=1S/C18H28N2O/c1-3-16(14-7-5-4-6-8-14)20-18(21)17(19)15-11-9-13(2)10-12-15/h9-12,14,16-17H,3-8,19H2,1-2H3,(H,20,21). The minimum Gasteiger partial charge on any atom is -0.351 e. The van der Waals surface area contributed by atoms with E-state index in [1.807, 2.05) is 31.2 Å². The summed E-state index contributed by atoms with van der Waals surface area (Å²) in [5.41, 5.74) is 8.18. The second kappa shape index (κ2) is 7.60. The van der Waals surface area contributed by atoms with E-state index >= 15 is 0 Å². The highest BCUT2D eigenvalue weighted by Gasteiger charge is 2.25. The molecule has 116 valence electrons. The highest BCUT2D eigenvalue weighted by molar-refractivity contribution is 5.83. The first kappa shape index (κ1) is 16.0. The van der Waals surface area contributed by atoms with Crippen LogP contribution in [0.1, 0.15) is 62.6 Å². The van der Waals surface area contributed by atoms with Crippen LogP contribution in [0.5, 0.6) is 0 Å². The fourth-order valence-electron chi connectivity index (χ4n) is 3.29. The molecule has 2 rings (SSSR count). The zero-order chi connectivity index (χ0) is 15.2. The summed E-state index contributed by atoms with van der Waals surface area (Å²) in [4.78, 5) is 12.4. The first-order valence-corrected chi connectivity index (χ1v) is 8.24. The van der Waals surface area contributed by atoms with Gasteiger partial charge in [0.1, 0.15) is 6.04 Å². The molecule has 3 nitrogen and oxygen atoms in total. The third-order valence-electron chi connectivity index (χ3n) is 4.71. The maximum absolute atomic E-state index is 12.4. The summed E-state index contributed by atoms with van der Waals surface area (Å²) < 4.78 is 0. The Hall–Kier alpha value is -1.35. The molecule has 3 heteroatoms. The molecule has 1 aromatic rings. The molecule has 0 radical (unpaired) electrons. The Morgan fingerprint density at radius 1 is 1.24 bits per heavy atom. The van der Waals surface area contributed by atoms with Crippen molar-refractivity contribution in [2.45, 2.75) is 64.5 Å². The van der Waals surface area contributed by atoms with Crippen LogP contribution in [0.2, 0.25) is 0 Å². The lowest BCUT2D eigenvalue weighted by atomic mass is 9.83. The largest absolute Gasteiger partial charge is 0.351 e. The number of benzene rings is 1. The predicted molar refractivity (Wildman–Crippen MR) is 86.9 cm³/mol. The van der Waals surface area contributed by atoms with Gasteiger partial charge >= 0.3 is 0 Å². The molecule has 1 saturated carbocycles. The molecule has 21 heavy (non-hydrogen) atoms. The summed E-state index contributed by atoms with van der Waals surface area (Å²) in [6.07, 6.45) is 7.38. The number of hydrogen-bond acceptors (Lipinski definition) is 2. The lowest BCUT2D eigenvalue weighted by molar-refractivity contribution is -0.123. The van der Waals surface area contributed by atoms with Crippen LogP contribution in [-0.4, -0.2) is 11.9 Å². The molecular formula is C18H28N2O. The summed E-state index contributed by atoms with van der Waals surface area (Å²) in [6, 6.07) is 7.60. The molecule has 2 unspecified atom stereocenters. The van der Waals surface area contributed by atoms with Crippen LogP contribution in [-0.2, 0) is 4.79 Å². The van der Waals surface area contributed by atoms with Crippen molar-refractivity contribution in [1.29, 1.82) is 0 Å². The fraction of sp³-hybridized carbons (Fsp3) is 0.611. The number of carbonyl (C=O) groups excluding carboxylic acids is 1. The minimum absolute atomic E-state index is 0.0451. The van der Waals surface area contributed by atoms with Gasteiger partial charge < -0.3 is 11.1 Å². The topological polar surface area (TPSA) is 55.1 Å². The highest BCUT2D eigenvalue weighted by atomic mass is 16.2. The number of carbonyl (C=O) groups is 1. The van der Waals surface area contributed by atoms with E-state index in [0.717, 1.165) is 12.0 Å². The van der Waals surface area contributed by atoms with Gasteiger partial charge in [0.25, 0.3) is 0 Å². The van der Waals surface area contributed by atoms with E-state index < -0.39 is 6.04 Å². The van der Waals surface area contributed by atoms with Gasteiger partial charge in [0.2, 0.25) is 5.91 Å². The number of nitrogens with two attached hydrogens (primary N) is 1. The molecule has 0 aliphatic heterocycles. The van der Waals surface area contributed by atoms with Crippen molar-refractivity contribution >= 4 is 5.91 Å². The Labute approximate surface area is 128 Å². The fourth-order valence-corrected chi connectivity index (χ4v) is 3.29. The molecule has 0 heterocycles. The van der Waals surface area contributed by atoms with Crippen LogP contribution in [0.15, 0.2) is 24.3 Å². The Morgan fingerprint density at radius 3 is 2.43 bits per heavy atom. The second-order valence-corrected chi connectivity index (χ2v) is 6.31. The summed E-state index contributed by atoms with van der Waals surface area (Å²) in [5, 5.41) is 3.19. The Bertz CT molecular complexity index is 449. The van der Waals surface area contributed by atoms with Gasteiger partial charge in [0.05, 0.1) is 0 Å². The number of aryl methyl sites for hydroxylation is 1. The normalized spacial score (nSPS) is 19.0. The lowest BCUT2D eigenvalue weighted by Crippen LogP contribution is -2.44. The van der Waals surface area contributed by atoms with Gasteiger partial charge in [0, 0.05) is 6.04 Å². The lowest BCUT2D eigenvalue weighted by Gasteiger charge is -2.31. The molecule has 0 bridgehead atoms. The number of hydrogen-bond donors (Lipinski definition) is 2. The second-order valence-electron chi connectivity index (χ2n) is 6.31. The van der Waals surface area contributed by atoms with Gasteiger partial charge in [-0.15, -0.1) is 0 Å². The van der Waals surface area contributed by atoms with Crippen LogP contribution in [0.25, 0.3) is 0 Å². The third-order valence-corrected chi connectivity index (χ3v) is 4.71. The maximum Gasteiger partial charge on any atom is 0.241 e. The monoisotopic (exact) mass is 288 g/mol. The smallest absolute Gasteiger partial charge is 0.241 e. The van der Waals surface area contributed by atoms with E-state index in [0.29, 0.717) is 5.92 Å². The average molecular weight is 288 g/mol. The predicted octanol–water partition coefficient (Wildman–Crippen LogP) is 3.47. The number of rotatable bonds is 5. The van der Waals surface area contributed by atoms with Crippen molar-refractivity contribution in [3.05, 3.63) is 35.4 Å². The molecule has 2 atom stereocenters. The van der Waals surface area contributed by atoms with Crippen molar-refractivity contribution < 1.29 is 4.79 Å². The summed E-state index contributed by atoms with van der Waals surface area (Å²) in [5.74, 6) is 0.578. The molecule has 3 N–H and O–H groups in total. The molecule has 0 aromatic heterocycles. The molecule has 1 aliphatic carbocycles. The zero-order valence-corrected chi connectivity index (χ0v) is 13.3. The van der Waals surface area contributed by atoms with Crippen molar-refractivity contribution in [2.24, 2.45) is 11.7 Å². The molecule has 1 aliphatic rings. The molecule has 0 spiro atoms. The third kappa shape index (κ3) is 4.31. The van der Waals surface area contributed by atoms with Gasteiger partial charge in [-0.05, 0) is 37.7 Å². The van der Waals surface area contributed by atoms with Crippen LogP contribution in [0.4, 0.5) is 0 Å². The van der Waals surface area contributed by atoms with Crippen molar-refractivity contribution in [3.8, 4) is 0 Å². The Balaban J connectivity index is 1.96. The van der Waals surface area contributed by atoms with E-state index in [1.54, 1.807) is 0 Å². The zero-order valence-electron chi connectivity index (χ0n) is 13.3. The summed E-state index contributed by atoms with van der Waals surface area (Å²) >= 11 is 0. The van der Waals surface area contributed by atoms with Crippen molar-refractivity contribution in [2.75, 3.05) is 0 Å². The van der Waals surface area contributed by atoms with Gasteiger partial charge in [-0.2, -0.15) is 0 Å².